The third kappa shape index (κ3) is 4.51. The monoisotopic (exact) mass is 336 g/mol. The van der Waals surface area contributed by atoms with E-state index in [2.05, 4.69) is 9.71 Å². The first-order chi connectivity index (χ1) is 10.9. The number of ether oxygens (including phenoxy) is 1. The molecule has 0 spiro atoms. The summed E-state index contributed by atoms with van der Waals surface area (Å²) in [5.74, 6) is -0.606. The number of hydrogen-bond donors (Lipinski definition) is 2. The Hall–Kier alpha value is -2.45. The average molecular weight is 336 g/mol. The number of nitrogens with zero attached hydrogens (tertiary/aromatic N) is 1. The van der Waals surface area contributed by atoms with E-state index in [0.29, 0.717) is 11.3 Å². The van der Waals surface area contributed by atoms with Gasteiger partial charge in [-0.1, -0.05) is 12.1 Å². The lowest BCUT2D eigenvalue weighted by atomic mass is 10.0. The number of nitrogens with one attached hydrogen (secondary N) is 1. The van der Waals surface area contributed by atoms with Crippen molar-refractivity contribution in [1.82, 2.24) is 9.71 Å². The molecule has 0 aliphatic heterocycles. The molecule has 0 radical (unpaired) electrons. The van der Waals surface area contributed by atoms with Gasteiger partial charge in [-0.2, -0.15) is 0 Å². The van der Waals surface area contributed by atoms with Crippen molar-refractivity contribution in [2.75, 3.05) is 7.11 Å². The van der Waals surface area contributed by atoms with Gasteiger partial charge in [-0.25, -0.2) is 13.1 Å². The second-order valence-corrected chi connectivity index (χ2v) is 6.45. The van der Waals surface area contributed by atoms with E-state index in [4.69, 9.17) is 9.84 Å². The molecule has 2 N–H and O–H groups in total. The first-order valence-corrected chi connectivity index (χ1v) is 8.19. The fourth-order valence-corrected chi connectivity index (χ4v) is 3.21. The molecule has 8 heteroatoms. The van der Waals surface area contributed by atoms with Gasteiger partial charge in [-0.3, -0.25) is 9.78 Å². The summed E-state index contributed by atoms with van der Waals surface area (Å²) in [4.78, 5) is 14.8. The lowest BCUT2D eigenvalue weighted by Gasteiger charge is -2.18. The van der Waals surface area contributed by atoms with Gasteiger partial charge in [0.1, 0.15) is 10.6 Å². The highest BCUT2D eigenvalue weighted by Crippen LogP contribution is 2.23. The molecule has 2 rings (SSSR count). The van der Waals surface area contributed by atoms with Gasteiger partial charge >= 0.3 is 5.97 Å². The second kappa shape index (κ2) is 7.21. The average Bonchev–Trinajstić information content (AvgIpc) is 2.54. The van der Waals surface area contributed by atoms with E-state index in [-0.39, 0.29) is 4.90 Å². The molecule has 0 bridgehead atoms. The molecule has 0 aliphatic rings. The molecule has 1 atom stereocenters. The Morgan fingerprint density at radius 1 is 1.35 bits per heavy atom. The van der Waals surface area contributed by atoms with E-state index >= 15 is 0 Å². The highest BCUT2D eigenvalue weighted by Gasteiger charge is 2.24. The van der Waals surface area contributed by atoms with Gasteiger partial charge in [0, 0.05) is 12.4 Å². The minimum absolute atomic E-state index is 0.0294. The zero-order valence-corrected chi connectivity index (χ0v) is 13.2. The van der Waals surface area contributed by atoms with E-state index in [1.807, 2.05) is 0 Å². The van der Waals surface area contributed by atoms with Crippen LogP contribution in [0, 0.1) is 0 Å². The maximum atomic E-state index is 12.4. The number of hydrogen-bond acceptors (Lipinski definition) is 5. The molecular weight excluding hydrogens is 320 g/mol. The van der Waals surface area contributed by atoms with Gasteiger partial charge < -0.3 is 9.84 Å². The molecular formula is C15H16N2O5S. The molecule has 1 aromatic heterocycles. The molecule has 0 saturated heterocycles. The summed E-state index contributed by atoms with van der Waals surface area (Å²) in [5, 5.41) is 9.06. The van der Waals surface area contributed by atoms with Gasteiger partial charge in [-0.05, 0) is 29.8 Å². The number of pyridine rings is 1. The van der Waals surface area contributed by atoms with Crippen molar-refractivity contribution in [3.05, 3.63) is 54.4 Å². The summed E-state index contributed by atoms with van der Waals surface area (Å²) in [7, 11) is -2.41. The summed E-state index contributed by atoms with van der Waals surface area (Å²) in [5.41, 5.74) is 0.499. The second-order valence-electron chi connectivity index (χ2n) is 4.74. The van der Waals surface area contributed by atoms with Gasteiger partial charge in [0.25, 0.3) is 0 Å². The zero-order valence-electron chi connectivity index (χ0n) is 12.3. The summed E-state index contributed by atoms with van der Waals surface area (Å²) >= 11 is 0. The summed E-state index contributed by atoms with van der Waals surface area (Å²) in [6.45, 7) is 0. The lowest BCUT2D eigenvalue weighted by molar-refractivity contribution is -0.137. The van der Waals surface area contributed by atoms with Crippen LogP contribution >= 0.6 is 0 Å². The fourth-order valence-electron chi connectivity index (χ4n) is 2.02. The number of carboxylic acids is 1. The van der Waals surface area contributed by atoms with E-state index < -0.39 is 28.5 Å². The predicted octanol–water partition coefficient (Wildman–Crippen LogP) is 1.58. The number of benzene rings is 1. The molecule has 7 nitrogen and oxygen atoms in total. The Morgan fingerprint density at radius 3 is 2.74 bits per heavy atom. The Kier molecular flexibility index (Phi) is 5.30. The number of carbonyl (C=O) groups is 1. The van der Waals surface area contributed by atoms with Crippen molar-refractivity contribution in [3.63, 3.8) is 0 Å². The maximum absolute atomic E-state index is 12.4. The van der Waals surface area contributed by atoms with Gasteiger partial charge in [-0.15, -0.1) is 0 Å². The molecule has 122 valence electrons. The van der Waals surface area contributed by atoms with Crippen LogP contribution in [0.2, 0.25) is 0 Å². The highest BCUT2D eigenvalue weighted by atomic mass is 32.2. The molecule has 0 aliphatic carbocycles. The van der Waals surface area contributed by atoms with Gasteiger partial charge in [0.05, 0.1) is 19.6 Å². The van der Waals surface area contributed by atoms with Gasteiger partial charge in [0.2, 0.25) is 10.0 Å². The van der Waals surface area contributed by atoms with E-state index in [9.17, 15) is 13.2 Å². The van der Waals surface area contributed by atoms with Crippen LogP contribution in [-0.2, 0) is 14.8 Å². The topological polar surface area (TPSA) is 106 Å². The smallest absolute Gasteiger partial charge is 0.305 e. The van der Waals surface area contributed by atoms with E-state index in [1.165, 1.54) is 31.6 Å². The predicted molar refractivity (Wildman–Crippen MR) is 82.5 cm³/mol. The van der Waals surface area contributed by atoms with Crippen LogP contribution in [0.25, 0.3) is 0 Å². The summed E-state index contributed by atoms with van der Waals surface area (Å²) in [6, 6.07) is 8.55. The van der Waals surface area contributed by atoms with Crippen molar-refractivity contribution >= 4 is 16.0 Å². The Labute approximate surface area is 134 Å². The number of rotatable bonds is 7. The quantitative estimate of drug-likeness (QED) is 0.795. The van der Waals surface area contributed by atoms with Crippen LogP contribution < -0.4 is 9.46 Å². The molecule has 1 aromatic carbocycles. The van der Waals surface area contributed by atoms with Crippen LogP contribution in [0.5, 0.6) is 5.75 Å². The largest absolute Gasteiger partial charge is 0.497 e. The third-order valence-corrected chi connectivity index (χ3v) is 4.57. The number of methoxy groups -OCH3 is 1. The van der Waals surface area contributed by atoms with Crippen molar-refractivity contribution in [1.29, 1.82) is 0 Å². The first-order valence-electron chi connectivity index (χ1n) is 6.70. The number of aromatic nitrogens is 1. The standard InChI is InChI=1S/C15H16N2O5S/c1-22-12-5-2-4-11(8-12)14(9-15(18)19)17-23(20,21)13-6-3-7-16-10-13/h2-8,10,14,17H,9H2,1H3,(H,18,19). The SMILES string of the molecule is COc1cccc(C(CC(=O)O)NS(=O)(=O)c2cccnc2)c1. The Bertz CT molecular complexity index is 777. The van der Waals surface area contributed by atoms with Crippen LogP contribution in [0.15, 0.2) is 53.7 Å². The molecule has 0 amide bonds. The highest BCUT2D eigenvalue weighted by molar-refractivity contribution is 7.89. The van der Waals surface area contributed by atoms with Crippen molar-refractivity contribution in [3.8, 4) is 5.75 Å². The molecule has 0 fully saturated rings. The van der Waals surface area contributed by atoms with Crippen molar-refractivity contribution in [2.24, 2.45) is 0 Å². The Balaban J connectivity index is 2.34. The molecule has 0 saturated carbocycles. The van der Waals surface area contributed by atoms with Crippen LogP contribution in [0.1, 0.15) is 18.0 Å². The maximum Gasteiger partial charge on any atom is 0.305 e. The zero-order chi connectivity index (χ0) is 16.9. The molecule has 2 aromatic rings. The summed E-state index contributed by atoms with van der Waals surface area (Å²) < 4.78 is 32.2. The minimum Gasteiger partial charge on any atom is -0.497 e. The van der Waals surface area contributed by atoms with E-state index in [1.54, 1.807) is 24.3 Å². The van der Waals surface area contributed by atoms with E-state index in [0.717, 1.165) is 0 Å². The first kappa shape index (κ1) is 16.9. The molecule has 1 unspecified atom stereocenters. The minimum atomic E-state index is -3.89. The Morgan fingerprint density at radius 2 is 2.13 bits per heavy atom. The number of carboxylic acid groups (broad SMARTS) is 1. The van der Waals surface area contributed by atoms with Crippen molar-refractivity contribution in [2.45, 2.75) is 17.4 Å². The van der Waals surface area contributed by atoms with Gasteiger partial charge in [0.15, 0.2) is 0 Å². The molecule has 1 heterocycles. The molecule has 23 heavy (non-hydrogen) atoms. The number of aliphatic carboxylic acids is 1. The van der Waals surface area contributed by atoms with Crippen LogP contribution in [-0.4, -0.2) is 31.6 Å². The summed E-state index contributed by atoms with van der Waals surface area (Å²) in [6.07, 6.45) is 2.26. The fraction of sp³-hybridized carbons (Fsp3) is 0.200. The normalized spacial score (nSPS) is 12.6. The van der Waals surface area contributed by atoms with Crippen molar-refractivity contribution < 1.29 is 23.1 Å². The van der Waals surface area contributed by atoms with Crippen LogP contribution in [0.3, 0.4) is 0 Å². The lowest BCUT2D eigenvalue weighted by Crippen LogP contribution is -2.30. The third-order valence-electron chi connectivity index (χ3n) is 3.12. The van der Waals surface area contributed by atoms with Crippen LogP contribution in [0.4, 0.5) is 0 Å². The number of sulfonamides is 1.